The summed E-state index contributed by atoms with van der Waals surface area (Å²) in [5.41, 5.74) is 0. The lowest BCUT2D eigenvalue weighted by Crippen LogP contribution is -2.56. The molecule has 116 valence electrons. The van der Waals surface area contributed by atoms with Gasteiger partial charge in [-0.1, -0.05) is 0 Å². The van der Waals surface area contributed by atoms with Gasteiger partial charge in [0.15, 0.2) is 0 Å². The summed E-state index contributed by atoms with van der Waals surface area (Å²) in [6.45, 7) is 8.46. The third kappa shape index (κ3) is 3.81. The summed E-state index contributed by atoms with van der Waals surface area (Å²) in [7, 11) is 0. The number of nitrogens with zero attached hydrogens (tertiary/aromatic N) is 3. The van der Waals surface area contributed by atoms with E-state index in [4.69, 9.17) is 9.47 Å². The van der Waals surface area contributed by atoms with Gasteiger partial charge >= 0.3 is 5.97 Å². The Bertz CT molecular complexity index is 495. The predicted molar refractivity (Wildman–Crippen MR) is 78.6 cm³/mol. The molecular formula is C14H22N4O3. The van der Waals surface area contributed by atoms with Crippen molar-refractivity contribution in [2.75, 3.05) is 37.7 Å². The maximum absolute atomic E-state index is 12.1. The van der Waals surface area contributed by atoms with E-state index in [0.717, 1.165) is 6.54 Å². The first kappa shape index (κ1) is 15.5. The van der Waals surface area contributed by atoms with Crippen LogP contribution in [0.3, 0.4) is 0 Å². The smallest absolute Gasteiger partial charge is 0.330 e. The highest BCUT2D eigenvalue weighted by Crippen LogP contribution is 2.21. The molecule has 2 heterocycles. The average Bonchev–Trinajstić information content (AvgIpc) is 2.47. The van der Waals surface area contributed by atoms with E-state index in [0.29, 0.717) is 43.8 Å². The van der Waals surface area contributed by atoms with Crippen molar-refractivity contribution in [1.82, 2.24) is 15.3 Å². The van der Waals surface area contributed by atoms with Gasteiger partial charge < -0.3 is 19.7 Å². The van der Waals surface area contributed by atoms with E-state index in [1.807, 2.05) is 18.7 Å². The highest BCUT2D eigenvalue weighted by Gasteiger charge is 2.31. The van der Waals surface area contributed by atoms with Gasteiger partial charge in [0.2, 0.25) is 5.88 Å². The Morgan fingerprint density at radius 3 is 2.95 bits per heavy atom. The molecule has 7 nitrogen and oxygen atoms in total. The van der Waals surface area contributed by atoms with E-state index in [9.17, 15) is 4.79 Å². The van der Waals surface area contributed by atoms with Gasteiger partial charge in [0.25, 0.3) is 0 Å². The third-order valence-corrected chi connectivity index (χ3v) is 3.19. The third-order valence-electron chi connectivity index (χ3n) is 3.19. The molecule has 1 aliphatic rings. The summed E-state index contributed by atoms with van der Waals surface area (Å²) in [6.07, 6.45) is 0. The van der Waals surface area contributed by atoms with Gasteiger partial charge in [-0.2, -0.15) is 4.98 Å². The molecule has 0 aliphatic carbocycles. The fourth-order valence-electron chi connectivity index (χ4n) is 2.32. The number of hydrogen-bond donors (Lipinski definition) is 1. The second kappa shape index (κ2) is 7.21. The van der Waals surface area contributed by atoms with Crippen molar-refractivity contribution in [3.05, 3.63) is 11.9 Å². The zero-order chi connectivity index (χ0) is 15.2. The van der Waals surface area contributed by atoms with Crippen LogP contribution < -0.4 is 15.0 Å². The number of esters is 1. The summed E-state index contributed by atoms with van der Waals surface area (Å²) < 4.78 is 10.6. The van der Waals surface area contributed by atoms with Crippen molar-refractivity contribution in [2.45, 2.75) is 26.8 Å². The number of rotatable bonds is 5. The van der Waals surface area contributed by atoms with Gasteiger partial charge in [0.05, 0.1) is 13.2 Å². The number of hydrogen-bond acceptors (Lipinski definition) is 7. The van der Waals surface area contributed by atoms with Crippen molar-refractivity contribution in [3.8, 4) is 5.88 Å². The standard InChI is InChI=1S/C14H22N4O3/c1-4-20-13-8-12(16-10(3)17-13)18-7-6-15-9-11(18)14(19)21-5-2/h8,11,15H,4-7,9H2,1-3H3. The minimum absolute atomic E-state index is 0.237. The molecule has 1 aromatic heterocycles. The van der Waals surface area contributed by atoms with Crippen molar-refractivity contribution in [1.29, 1.82) is 0 Å². The first-order chi connectivity index (χ1) is 10.2. The van der Waals surface area contributed by atoms with Crippen LogP contribution in [-0.2, 0) is 9.53 Å². The molecule has 1 atom stereocenters. The quantitative estimate of drug-likeness (QED) is 0.794. The largest absolute Gasteiger partial charge is 0.478 e. The van der Waals surface area contributed by atoms with Gasteiger partial charge in [0, 0.05) is 25.7 Å². The lowest BCUT2D eigenvalue weighted by molar-refractivity contribution is -0.144. The Morgan fingerprint density at radius 1 is 1.43 bits per heavy atom. The van der Waals surface area contributed by atoms with Crippen LogP contribution in [0, 0.1) is 6.92 Å². The van der Waals surface area contributed by atoms with Crippen LogP contribution >= 0.6 is 0 Å². The van der Waals surface area contributed by atoms with Gasteiger partial charge in [0.1, 0.15) is 17.7 Å². The zero-order valence-electron chi connectivity index (χ0n) is 12.8. The van der Waals surface area contributed by atoms with Crippen LogP contribution in [0.4, 0.5) is 5.82 Å². The van der Waals surface area contributed by atoms with Gasteiger partial charge in [-0.3, -0.25) is 0 Å². The van der Waals surface area contributed by atoms with Crippen molar-refractivity contribution < 1.29 is 14.3 Å². The monoisotopic (exact) mass is 294 g/mol. The topological polar surface area (TPSA) is 76.6 Å². The molecular weight excluding hydrogens is 272 g/mol. The summed E-state index contributed by atoms with van der Waals surface area (Å²) >= 11 is 0. The minimum Gasteiger partial charge on any atom is -0.478 e. The van der Waals surface area contributed by atoms with E-state index >= 15 is 0 Å². The Balaban J connectivity index is 2.26. The second-order valence-corrected chi connectivity index (χ2v) is 4.71. The minimum atomic E-state index is -0.373. The highest BCUT2D eigenvalue weighted by atomic mass is 16.5. The molecule has 0 saturated carbocycles. The first-order valence-electron chi connectivity index (χ1n) is 7.28. The zero-order valence-corrected chi connectivity index (χ0v) is 12.8. The molecule has 1 aromatic rings. The molecule has 0 spiro atoms. The lowest BCUT2D eigenvalue weighted by Gasteiger charge is -2.35. The molecule has 0 aromatic carbocycles. The Labute approximate surface area is 124 Å². The van der Waals surface area contributed by atoms with Gasteiger partial charge in [-0.25, -0.2) is 9.78 Å². The Kier molecular flexibility index (Phi) is 5.32. The Morgan fingerprint density at radius 2 is 2.24 bits per heavy atom. The Hall–Kier alpha value is -1.89. The summed E-state index contributed by atoms with van der Waals surface area (Å²) in [4.78, 5) is 22.7. The van der Waals surface area contributed by atoms with Crippen LogP contribution in [0.2, 0.25) is 0 Å². The first-order valence-corrected chi connectivity index (χ1v) is 7.28. The molecule has 1 unspecified atom stereocenters. The molecule has 21 heavy (non-hydrogen) atoms. The maximum Gasteiger partial charge on any atom is 0.330 e. The van der Waals surface area contributed by atoms with Crippen LogP contribution in [-0.4, -0.2) is 54.8 Å². The summed E-state index contributed by atoms with van der Waals surface area (Å²) in [5, 5.41) is 3.21. The molecule has 7 heteroatoms. The van der Waals surface area contributed by atoms with Crippen LogP contribution in [0.15, 0.2) is 6.07 Å². The van der Waals surface area contributed by atoms with Crippen LogP contribution in [0.1, 0.15) is 19.7 Å². The fourth-order valence-corrected chi connectivity index (χ4v) is 2.32. The fraction of sp³-hybridized carbons (Fsp3) is 0.643. The number of carbonyl (C=O) groups is 1. The summed E-state index contributed by atoms with van der Waals surface area (Å²) in [6, 6.07) is 1.40. The number of anilines is 1. The number of aromatic nitrogens is 2. The lowest BCUT2D eigenvalue weighted by atomic mass is 10.2. The van der Waals surface area contributed by atoms with E-state index in [1.165, 1.54) is 0 Å². The van der Waals surface area contributed by atoms with E-state index < -0.39 is 0 Å². The van der Waals surface area contributed by atoms with E-state index in [-0.39, 0.29) is 12.0 Å². The number of piperazine rings is 1. The molecule has 0 bridgehead atoms. The predicted octanol–water partition coefficient (Wildman–Crippen LogP) is 0.525. The summed E-state index contributed by atoms with van der Waals surface area (Å²) in [5.74, 6) is 1.61. The van der Waals surface area contributed by atoms with Gasteiger partial charge in [-0.05, 0) is 20.8 Å². The van der Waals surface area contributed by atoms with Crippen LogP contribution in [0.25, 0.3) is 0 Å². The van der Waals surface area contributed by atoms with E-state index in [1.54, 1.807) is 13.0 Å². The molecule has 1 fully saturated rings. The molecule has 0 radical (unpaired) electrons. The molecule has 1 saturated heterocycles. The SMILES string of the molecule is CCOC(=O)C1CNCCN1c1cc(OCC)nc(C)n1. The second-order valence-electron chi connectivity index (χ2n) is 4.71. The highest BCUT2D eigenvalue weighted by molar-refractivity contribution is 5.80. The molecule has 0 amide bonds. The van der Waals surface area contributed by atoms with Gasteiger partial charge in [-0.15, -0.1) is 0 Å². The molecule has 2 rings (SSSR count). The number of nitrogens with one attached hydrogen (secondary N) is 1. The molecule has 1 aliphatic heterocycles. The van der Waals surface area contributed by atoms with Crippen molar-refractivity contribution in [2.24, 2.45) is 0 Å². The maximum atomic E-state index is 12.1. The molecule has 1 N–H and O–H groups in total. The number of carbonyl (C=O) groups excluding carboxylic acids is 1. The average molecular weight is 294 g/mol. The normalized spacial score (nSPS) is 18.4. The van der Waals surface area contributed by atoms with E-state index in [2.05, 4.69) is 15.3 Å². The van der Waals surface area contributed by atoms with Crippen molar-refractivity contribution >= 4 is 11.8 Å². The number of aryl methyl sites for hydroxylation is 1. The number of ether oxygens (including phenoxy) is 2. The van der Waals surface area contributed by atoms with Crippen LogP contribution in [0.5, 0.6) is 5.88 Å². The van der Waals surface area contributed by atoms with Crippen molar-refractivity contribution in [3.63, 3.8) is 0 Å².